The summed E-state index contributed by atoms with van der Waals surface area (Å²) in [5.41, 5.74) is 0. The summed E-state index contributed by atoms with van der Waals surface area (Å²) >= 11 is 1.66. The Morgan fingerprint density at radius 2 is 2.28 bits per heavy atom. The molecular weight excluding hydrogens is 246 g/mol. The van der Waals surface area contributed by atoms with Crippen LogP contribution in [0.5, 0.6) is 0 Å². The first kappa shape index (κ1) is 13.0. The fourth-order valence-corrected chi connectivity index (χ4v) is 2.34. The molecule has 2 rings (SSSR count). The van der Waals surface area contributed by atoms with Gasteiger partial charge in [-0.2, -0.15) is 0 Å². The lowest BCUT2D eigenvalue weighted by molar-refractivity contribution is 0.530. The highest BCUT2D eigenvalue weighted by Gasteiger charge is 2.04. The zero-order chi connectivity index (χ0) is 12.8. The van der Waals surface area contributed by atoms with Crippen LogP contribution in [0.25, 0.3) is 0 Å². The monoisotopic (exact) mass is 263 g/mol. The van der Waals surface area contributed by atoms with Crippen molar-refractivity contribution >= 4 is 17.6 Å². The van der Waals surface area contributed by atoms with E-state index in [1.54, 1.807) is 18.0 Å². The van der Waals surface area contributed by atoms with Crippen molar-refractivity contribution < 1.29 is 4.42 Å². The zero-order valence-corrected chi connectivity index (χ0v) is 11.5. The lowest BCUT2D eigenvalue weighted by Gasteiger charge is -2.06. The van der Waals surface area contributed by atoms with E-state index >= 15 is 0 Å². The van der Waals surface area contributed by atoms with E-state index in [0.717, 1.165) is 41.1 Å². The van der Waals surface area contributed by atoms with E-state index in [1.807, 2.05) is 25.1 Å². The summed E-state index contributed by atoms with van der Waals surface area (Å²) in [5.74, 6) is 3.43. The zero-order valence-electron chi connectivity index (χ0n) is 10.6. The van der Waals surface area contributed by atoms with Gasteiger partial charge in [-0.05, 0) is 25.5 Å². The summed E-state index contributed by atoms with van der Waals surface area (Å²) < 4.78 is 5.30. The van der Waals surface area contributed by atoms with Gasteiger partial charge < -0.3 is 9.73 Å². The number of furan rings is 1. The summed E-state index contributed by atoms with van der Waals surface area (Å²) in [6, 6.07) is 5.85. The van der Waals surface area contributed by atoms with Gasteiger partial charge in [0.05, 0.1) is 12.0 Å². The Hall–Kier alpha value is -1.49. The fraction of sp³-hybridized carbons (Fsp3) is 0.385. The number of hydrogen-bond donors (Lipinski definition) is 1. The number of rotatable bonds is 6. The van der Waals surface area contributed by atoms with Gasteiger partial charge >= 0.3 is 0 Å². The SMILES string of the molecule is CCCNc1cc(SCc2ccco2)nc(C)n1. The number of nitrogens with zero attached hydrogens (tertiary/aromatic N) is 2. The maximum atomic E-state index is 5.30. The number of aryl methyl sites for hydroxylation is 1. The second-order valence-electron chi connectivity index (χ2n) is 3.93. The van der Waals surface area contributed by atoms with Crippen LogP contribution in [0.3, 0.4) is 0 Å². The molecule has 0 aliphatic carbocycles. The first-order valence-corrected chi connectivity index (χ1v) is 7.01. The van der Waals surface area contributed by atoms with Crippen molar-refractivity contribution in [2.24, 2.45) is 0 Å². The highest BCUT2D eigenvalue weighted by Crippen LogP contribution is 2.23. The molecule has 0 atom stereocenters. The van der Waals surface area contributed by atoms with E-state index < -0.39 is 0 Å². The van der Waals surface area contributed by atoms with Crippen LogP contribution in [0, 0.1) is 6.92 Å². The number of aromatic nitrogens is 2. The normalized spacial score (nSPS) is 10.6. The van der Waals surface area contributed by atoms with Crippen molar-refractivity contribution in [1.29, 1.82) is 0 Å². The number of anilines is 1. The van der Waals surface area contributed by atoms with Gasteiger partial charge in [-0.1, -0.05) is 18.7 Å². The molecule has 0 unspecified atom stereocenters. The lowest BCUT2D eigenvalue weighted by Crippen LogP contribution is -2.04. The van der Waals surface area contributed by atoms with Gasteiger partial charge in [-0.3, -0.25) is 0 Å². The quantitative estimate of drug-likeness (QED) is 0.638. The fourth-order valence-electron chi connectivity index (χ4n) is 1.50. The van der Waals surface area contributed by atoms with Gasteiger partial charge in [0.1, 0.15) is 22.4 Å². The molecule has 0 bridgehead atoms. The molecule has 0 fully saturated rings. The third-order valence-corrected chi connectivity index (χ3v) is 3.25. The van der Waals surface area contributed by atoms with Crippen molar-refractivity contribution in [2.45, 2.75) is 31.0 Å². The van der Waals surface area contributed by atoms with Gasteiger partial charge in [0, 0.05) is 12.6 Å². The Bertz CT molecular complexity index is 485. The van der Waals surface area contributed by atoms with E-state index in [9.17, 15) is 0 Å². The summed E-state index contributed by atoms with van der Waals surface area (Å²) in [5, 5.41) is 4.25. The van der Waals surface area contributed by atoms with E-state index in [-0.39, 0.29) is 0 Å². The third kappa shape index (κ3) is 3.77. The van der Waals surface area contributed by atoms with Gasteiger partial charge in [-0.25, -0.2) is 9.97 Å². The number of hydrogen-bond acceptors (Lipinski definition) is 5. The van der Waals surface area contributed by atoms with Crippen LogP contribution in [-0.2, 0) is 5.75 Å². The van der Waals surface area contributed by atoms with Gasteiger partial charge in [0.2, 0.25) is 0 Å². The predicted octanol–water partition coefficient (Wildman–Crippen LogP) is 3.49. The summed E-state index contributed by atoms with van der Waals surface area (Å²) in [4.78, 5) is 8.77. The molecule has 18 heavy (non-hydrogen) atoms. The molecule has 2 aromatic rings. The average molecular weight is 263 g/mol. The summed E-state index contributed by atoms with van der Waals surface area (Å²) in [6.45, 7) is 4.97. The Labute approximate surface area is 111 Å². The summed E-state index contributed by atoms with van der Waals surface area (Å²) in [7, 11) is 0. The number of thioether (sulfide) groups is 1. The summed E-state index contributed by atoms with van der Waals surface area (Å²) in [6.07, 6.45) is 2.77. The van der Waals surface area contributed by atoms with Gasteiger partial charge in [0.25, 0.3) is 0 Å². The lowest BCUT2D eigenvalue weighted by atomic mass is 10.4. The maximum Gasteiger partial charge on any atom is 0.130 e. The van der Waals surface area contributed by atoms with Crippen LogP contribution in [0.1, 0.15) is 24.9 Å². The molecule has 0 saturated heterocycles. The molecular formula is C13H17N3OS. The molecule has 0 amide bonds. The molecule has 0 radical (unpaired) electrons. The molecule has 1 N–H and O–H groups in total. The van der Waals surface area contributed by atoms with Crippen LogP contribution in [0.4, 0.5) is 5.82 Å². The van der Waals surface area contributed by atoms with Crippen molar-refractivity contribution in [1.82, 2.24) is 9.97 Å². The van der Waals surface area contributed by atoms with Crippen molar-refractivity contribution in [3.63, 3.8) is 0 Å². The largest absolute Gasteiger partial charge is 0.468 e. The minimum absolute atomic E-state index is 0.788. The smallest absolute Gasteiger partial charge is 0.130 e. The average Bonchev–Trinajstić information content (AvgIpc) is 2.86. The third-order valence-electron chi connectivity index (χ3n) is 2.31. The molecule has 96 valence electrons. The minimum atomic E-state index is 0.788. The molecule has 0 aromatic carbocycles. The molecule has 2 heterocycles. The van der Waals surface area contributed by atoms with E-state index in [1.165, 1.54) is 0 Å². The predicted molar refractivity (Wildman–Crippen MR) is 73.8 cm³/mol. The van der Waals surface area contributed by atoms with Gasteiger partial charge in [-0.15, -0.1) is 0 Å². The highest BCUT2D eigenvalue weighted by molar-refractivity contribution is 7.98. The van der Waals surface area contributed by atoms with E-state index in [2.05, 4.69) is 22.2 Å². The molecule has 0 aliphatic rings. The van der Waals surface area contributed by atoms with Crippen LogP contribution >= 0.6 is 11.8 Å². The Balaban J connectivity index is 2.00. The van der Waals surface area contributed by atoms with E-state index in [4.69, 9.17) is 4.42 Å². The van der Waals surface area contributed by atoms with Crippen LogP contribution in [-0.4, -0.2) is 16.5 Å². The first-order valence-electron chi connectivity index (χ1n) is 6.02. The topological polar surface area (TPSA) is 51.0 Å². The number of nitrogens with one attached hydrogen (secondary N) is 1. The second-order valence-corrected chi connectivity index (χ2v) is 4.93. The second kappa shape index (κ2) is 6.44. The first-order chi connectivity index (χ1) is 8.78. The molecule has 4 nitrogen and oxygen atoms in total. The van der Waals surface area contributed by atoms with Crippen molar-refractivity contribution in [3.05, 3.63) is 36.0 Å². The van der Waals surface area contributed by atoms with Crippen molar-refractivity contribution in [2.75, 3.05) is 11.9 Å². The highest BCUT2D eigenvalue weighted by atomic mass is 32.2. The van der Waals surface area contributed by atoms with Gasteiger partial charge in [0.15, 0.2) is 0 Å². The van der Waals surface area contributed by atoms with Crippen LogP contribution in [0.15, 0.2) is 33.9 Å². The minimum Gasteiger partial charge on any atom is -0.468 e. The molecule has 0 saturated carbocycles. The standard InChI is InChI=1S/C13H17N3OS/c1-3-6-14-12-8-13(16-10(2)15-12)18-9-11-5-4-7-17-11/h4-5,7-8H,3,6,9H2,1-2H3,(H,14,15,16). The Morgan fingerprint density at radius 1 is 1.39 bits per heavy atom. The van der Waals surface area contributed by atoms with Crippen LogP contribution < -0.4 is 5.32 Å². The van der Waals surface area contributed by atoms with Crippen molar-refractivity contribution in [3.8, 4) is 0 Å². The molecule has 0 spiro atoms. The molecule has 2 aromatic heterocycles. The Kier molecular flexibility index (Phi) is 4.64. The van der Waals surface area contributed by atoms with E-state index in [0.29, 0.717) is 0 Å². The maximum absolute atomic E-state index is 5.30. The molecule has 5 heteroatoms. The Morgan fingerprint density at radius 3 is 3.00 bits per heavy atom. The molecule has 0 aliphatic heterocycles. The van der Waals surface area contributed by atoms with Crippen LogP contribution in [0.2, 0.25) is 0 Å².